The largest absolute Gasteiger partial charge is 0.480 e. The Balaban J connectivity index is 3.05. The molecule has 0 aliphatic rings. The van der Waals surface area contributed by atoms with Gasteiger partial charge in [0.15, 0.2) is 0 Å². The van der Waals surface area contributed by atoms with Crippen LogP contribution in [-0.4, -0.2) is 25.5 Å². The maximum atomic E-state index is 12.0. The van der Waals surface area contributed by atoms with E-state index < -0.39 is 27.4 Å². The normalized spacial score (nSPS) is 14.4. The Labute approximate surface area is 111 Å². The molecule has 0 unspecified atom stereocenters. The van der Waals surface area contributed by atoms with Crippen LogP contribution in [0.5, 0.6) is 0 Å². The fourth-order valence-electron chi connectivity index (χ4n) is 1.37. The van der Waals surface area contributed by atoms with Crippen LogP contribution in [0.2, 0.25) is 0 Å². The predicted octanol–water partition coefficient (Wildman–Crippen LogP) is 1.83. The Kier molecular flexibility index (Phi) is 4.19. The number of aliphatic carboxylic acids is 1. The molecule has 0 aliphatic carbocycles. The van der Waals surface area contributed by atoms with Gasteiger partial charge in [-0.3, -0.25) is 4.79 Å². The summed E-state index contributed by atoms with van der Waals surface area (Å²) < 4.78 is 26.5. The van der Waals surface area contributed by atoms with Gasteiger partial charge in [-0.2, -0.15) is 4.72 Å². The molecule has 0 radical (unpaired) electrons. The van der Waals surface area contributed by atoms with Crippen molar-refractivity contribution in [3.63, 3.8) is 0 Å². The zero-order chi connectivity index (χ0) is 14.1. The average molecular weight is 291 g/mol. The third kappa shape index (κ3) is 3.54. The number of hydrogen-bond acceptors (Lipinski definition) is 4. The van der Waals surface area contributed by atoms with Crippen LogP contribution in [0.25, 0.3) is 0 Å². The second kappa shape index (κ2) is 4.99. The van der Waals surface area contributed by atoms with Crippen LogP contribution in [0.15, 0.2) is 16.3 Å². The van der Waals surface area contributed by atoms with Crippen molar-refractivity contribution in [3.05, 3.63) is 17.0 Å². The van der Waals surface area contributed by atoms with Gasteiger partial charge in [-0.05, 0) is 24.5 Å². The van der Waals surface area contributed by atoms with Gasteiger partial charge in [-0.1, -0.05) is 20.8 Å². The van der Waals surface area contributed by atoms with Crippen LogP contribution in [0, 0.1) is 12.3 Å². The lowest BCUT2D eigenvalue weighted by Crippen LogP contribution is -2.48. The van der Waals surface area contributed by atoms with Gasteiger partial charge in [-0.25, -0.2) is 8.42 Å². The van der Waals surface area contributed by atoms with E-state index in [2.05, 4.69) is 4.72 Å². The van der Waals surface area contributed by atoms with E-state index in [0.717, 1.165) is 16.2 Å². The number of carbonyl (C=O) groups is 1. The highest BCUT2D eigenvalue weighted by Gasteiger charge is 2.35. The summed E-state index contributed by atoms with van der Waals surface area (Å²) >= 11 is 1.12. The SMILES string of the molecule is Cc1ccc(S(=O)(=O)N[C@@H](C(=O)O)C(C)(C)C)s1. The van der Waals surface area contributed by atoms with Gasteiger partial charge in [0.05, 0.1) is 0 Å². The van der Waals surface area contributed by atoms with Crippen molar-refractivity contribution in [1.82, 2.24) is 4.72 Å². The maximum absolute atomic E-state index is 12.0. The molecule has 102 valence electrons. The van der Waals surface area contributed by atoms with Gasteiger partial charge in [0.25, 0.3) is 10.0 Å². The monoisotopic (exact) mass is 291 g/mol. The van der Waals surface area contributed by atoms with Gasteiger partial charge < -0.3 is 5.11 Å². The van der Waals surface area contributed by atoms with Crippen molar-refractivity contribution < 1.29 is 18.3 Å². The first-order valence-corrected chi connectivity index (χ1v) is 7.65. The van der Waals surface area contributed by atoms with Crippen molar-refractivity contribution in [2.45, 2.75) is 37.9 Å². The summed E-state index contributed by atoms with van der Waals surface area (Å²) in [5.41, 5.74) is -0.703. The molecule has 1 atom stereocenters. The molecule has 0 aromatic carbocycles. The zero-order valence-electron chi connectivity index (χ0n) is 10.7. The fraction of sp³-hybridized carbons (Fsp3) is 0.545. The first-order chi connectivity index (χ1) is 8.04. The van der Waals surface area contributed by atoms with Gasteiger partial charge in [0.2, 0.25) is 0 Å². The van der Waals surface area contributed by atoms with E-state index in [-0.39, 0.29) is 4.21 Å². The first-order valence-electron chi connectivity index (χ1n) is 5.35. The van der Waals surface area contributed by atoms with Crippen LogP contribution in [0.1, 0.15) is 25.6 Å². The molecule has 1 aromatic heterocycles. The molecule has 5 nitrogen and oxygen atoms in total. The topological polar surface area (TPSA) is 83.5 Å². The van der Waals surface area contributed by atoms with Gasteiger partial charge in [-0.15, -0.1) is 11.3 Å². The second-order valence-corrected chi connectivity index (χ2v) is 8.35. The third-order valence-electron chi connectivity index (χ3n) is 2.37. The summed E-state index contributed by atoms with van der Waals surface area (Å²) in [4.78, 5) is 12.0. The Bertz CT molecular complexity index is 540. The molecule has 1 heterocycles. The lowest BCUT2D eigenvalue weighted by atomic mass is 9.88. The summed E-state index contributed by atoms with van der Waals surface area (Å²) in [6, 6.07) is 2.00. The Morgan fingerprint density at radius 3 is 2.28 bits per heavy atom. The summed E-state index contributed by atoms with van der Waals surface area (Å²) in [7, 11) is -3.78. The minimum Gasteiger partial charge on any atom is -0.480 e. The lowest BCUT2D eigenvalue weighted by molar-refractivity contribution is -0.141. The number of hydrogen-bond donors (Lipinski definition) is 2. The molecule has 0 spiro atoms. The number of nitrogens with one attached hydrogen (secondary N) is 1. The lowest BCUT2D eigenvalue weighted by Gasteiger charge is -2.27. The van der Waals surface area contributed by atoms with Crippen molar-refractivity contribution in [1.29, 1.82) is 0 Å². The second-order valence-electron chi connectivity index (χ2n) is 5.12. The highest BCUT2D eigenvalue weighted by Crippen LogP contribution is 2.24. The van der Waals surface area contributed by atoms with Crippen LogP contribution >= 0.6 is 11.3 Å². The minimum atomic E-state index is -3.78. The molecule has 0 bridgehead atoms. The molecule has 0 amide bonds. The predicted molar refractivity (Wildman–Crippen MR) is 70.3 cm³/mol. The summed E-state index contributed by atoms with van der Waals surface area (Å²) in [5.74, 6) is -1.18. The summed E-state index contributed by atoms with van der Waals surface area (Å²) in [6.45, 7) is 6.82. The van der Waals surface area contributed by atoms with Crippen molar-refractivity contribution in [2.24, 2.45) is 5.41 Å². The molecule has 2 N–H and O–H groups in total. The van der Waals surface area contributed by atoms with Crippen LogP contribution in [-0.2, 0) is 14.8 Å². The average Bonchev–Trinajstić information content (AvgIpc) is 2.60. The molecule has 0 saturated heterocycles. The Hall–Kier alpha value is -0.920. The van der Waals surface area contributed by atoms with E-state index in [1.165, 1.54) is 6.07 Å². The maximum Gasteiger partial charge on any atom is 0.322 e. The van der Waals surface area contributed by atoms with Crippen molar-refractivity contribution in [3.8, 4) is 0 Å². The van der Waals surface area contributed by atoms with Crippen molar-refractivity contribution >= 4 is 27.3 Å². The molecule has 0 aliphatic heterocycles. The van der Waals surface area contributed by atoms with Gasteiger partial charge in [0.1, 0.15) is 10.3 Å². The summed E-state index contributed by atoms with van der Waals surface area (Å²) in [5, 5.41) is 9.10. The van der Waals surface area contributed by atoms with E-state index in [1.807, 2.05) is 0 Å². The number of rotatable bonds is 4. The van der Waals surface area contributed by atoms with Crippen LogP contribution < -0.4 is 4.72 Å². The molecular formula is C11H17NO4S2. The van der Waals surface area contributed by atoms with Crippen molar-refractivity contribution in [2.75, 3.05) is 0 Å². The van der Waals surface area contributed by atoms with Gasteiger partial charge >= 0.3 is 5.97 Å². The van der Waals surface area contributed by atoms with E-state index in [1.54, 1.807) is 33.8 Å². The van der Waals surface area contributed by atoms with Crippen LogP contribution in [0.4, 0.5) is 0 Å². The molecule has 0 saturated carbocycles. The Morgan fingerprint density at radius 1 is 1.39 bits per heavy atom. The smallest absolute Gasteiger partial charge is 0.322 e. The number of carboxylic acids is 1. The van der Waals surface area contributed by atoms with E-state index in [9.17, 15) is 13.2 Å². The number of thiophene rings is 1. The van der Waals surface area contributed by atoms with E-state index in [4.69, 9.17) is 5.11 Å². The zero-order valence-corrected chi connectivity index (χ0v) is 12.4. The van der Waals surface area contributed by atoms with Gasteiger partial charge in [0, 0.05) is 4.88 Å². The number of aryl methyl sites for hydroxylation is 1. The molecule has 1 aromatic rings. The number of sulfonamides is 1. The standard InChI is InChI=1S/C11H17NO4S2/c1-7-5-6-8(17-7)18(15,16)12-9(10(13)14)11(2,3)4/h5-6,9,12H,1-4H3,(H,13,14)/t9-/m0/s1. The number of carboxylic acid groups (broad SMARTS) is 1. The highest BCUT2D eigenvalue weighted by molar-refractivity contribution is 7.91. The molecular weight excluding hydrogens is 274 g/mol. The summed E-state index contributed by atoms with van der Waals surface area (Å²) in [6.07, 6.45) is 0. The Morgan fingerprint density at radius 2 is 1.94 bits per heavy atom. The quantitative estimate of drug-likeness (QED) is 0.886. The molecule has 0 fully saturated rings. The highest BCUT2D eigenvalue weighted by atomic mass is 32.2. The van der Waals surface area contributed by atoms with E-state index >= 15 is 0 Å². The molecule has 18 heavy (non-hydrogen) atoms. The first kappa shape index (κ1) is 15.1. The molecule has 1 rings (SSSR count). The fourth-order valence-corrected chi connectivity index (χ4v) is 4.06. The third-order valence-corrected chi connectivity index (χ3v) is 5.28. The van der Waals surface area contributed by atoms with E-state index in [0.29, 0.717) is 0 Å². The van der Waals surface area contributed by atoms with Crippen LogP contribution in [0.3, 0.4) is 0 Å². The minimum absolute atomic E-state index is 0.135. The molecule has 7 heteroatoms.